The molecule has 67 heavy (non-hydrogen) atoms. The minimum atomic E-state index is -5.08. The van der Waals surface area contributed by atoms with Crippen molar-refractivity contribution in [3.63, 3.8) is 0 Å². The minimum absolute atomic E-state index is 0.00490. The molecule has 0 aromatic rings. The maximum atomic E-state index is 12.9. The van der Waals surface area contributed by atoms with Gasteiger partial charge in [-0.25, -0.2) is 4.18 Å². The summed E-state index contributed by atoms with van der Waals surface area (Å²) in [5, 5.41) is 30.7. The molecule has 13 heteroatoms. The fraction of sp³-hybridized carbons (Fsp3) is 0.648. The molecule has 0 aromatic heterocycles. The second kappa shape index (κ2) is 44.0. The lowest BCUT2D eigenvalue weighted by molar-refractivity contribution is -0.301. The summed E-state index contributed by atoms with van der Waals surface area (Å²) in [7, 11) is -5.08. The average Bonchev–Trinajstić information content (AvgIpc) is 3.30. The summed E-state index contributed by atoms with van der Waals surface area (Å²) in [5.74, 6) is -0.428. The summed E-state index contributed by atoms with van der Waals surface area (Å²) in [5.41, 5.74) is 0. The molecule has 0 radical (unpaired) electrons. The first kappa shape index (κ1) is 61.8. The number of ether oxygens (including phenoxy) is 4. The normalized spacial score (nSPS) is 20.4. The van der Waals surface area contributed by atoms with E-state index < -0.39 is 59.8 Å². The zero-order valence-electron chi connectivity index (χ0n) is 40.9. The van der Waals surface area contributed by atoms with Crippen LogP contribution in [0, 0.1) is 0 Å². The van der Waals surface area contributed by atoms with E-state index in [2.05, 4.69) is 127 Å². The third kappa shape index (κ3) is 37.4. The third-order valence-corrected chi connectivity index (χ3v) is 11.1. The van der Waals surface area contributed by atoms with Gasteiger partial charge in [0.2, 0.25) is 0 Å². The summed E-state index contributed by atoms with van der Waals surface area (Å²) in [6.07, 6.45) is 52.6. The molecular weight excluding hydrogens is 873 g/mol. The Morgan fingerprint density at radius 2 is 1.03 bits per heavy atom. The van der Waals surface area contributed by atoms with Gasteiger partial charge in [0.1, 0.15) is 30.5 Å². The number of aliphatic hydroxyl groups excluding tert-OH is 3. The molecule has 6 atom stereocenters. The van der Waals surface area contributed by atoms with Crippen LogP contribution in [-0.2, 0) is 38.3 Å². The van der Waals surface area contributed by atoms with Crippen molar-refractivity contribution in [2.75, 3.05) is 26.4 Å². The highest BCUT2D eigenvalue weighted by atomic mass is 32.3. The predicted octanol–water partition coefficient (Wildman–Crippen LogP) is 11.6. The Kier molecular flexibility index (Phi) is 40.6. The molecule has 1 heterocycles. The molecule has 1 fully saturated rings. The number of aliphatic hydroxyl groups is 3. The van der Waals surface area contributed by atoms with E-state index in [-0.39, 0.29) is 19.6 Å². The molecule has 1 rings (SSSR count). The summed E-state index contributed by atoms with van der Waals surface area (Å²) in [6.45, 7) is 3.73. The maximum Gasteiger partial charge on any atom is 0.397 e. The van der Waals surface area contributed by atoms with Crippen LogP contribution in [0.1, 0.15) is 162 Å². The van der Waals surface area contributed by atoms with Gasteiger partial charge in [-0.1, -0.05) is 168 Å². The molecule has 0 spiro atoms. The highest BCUT2D eigenvalue weighted by Gasteiger charge is 2.48. The van der Waals surface area contributed by atoms with Crippen LogP contribution in [0.2, 0.25) is 0 Å². The first-order valence-corrected chi connectivity index (χ1v) is 26.5. The number of allylic oxidation sites excluding steroid dienone is 18. The van der Waals surface area contributed by atoms with Crippen LogP contribution in [-0.4, -0.2) is 97.5 Å². The lowest BCUT2D eigenvalue weighted by Crippen LogP contribution is -2.60. The van der Waals surface area contributed by atoms with Crippen LogP contribution >= 0.6 is 0 Å². The van der Waals surface area contributed by atoms with Gasteiger partial charge in [-0.05, 0) is 96.3 Å². The molecule has 0 saturated carbocycles. The Labute approximate surface area is 405 Å². The van der Waals surface area contributed by atoms with Crippen molar-refractivity contribution in [2.45, 2.75) is 198 Å². The molecular formula is C54H88O12S. The van der Waals surface area contributed by atoms with Crippen LogP contribution in [0.3, 0.4) is 0 Å². The van der Waals surface area contributed by atoms with E-state index in [0.717, 1.165) is 122 Å². The fourth-order valence-corrected chi connectivity index (χ4v) is 7.35. The Balaban J connectivity index is 2.39. The van der Waals surface area contributed by atoms with E-state index in [9.17, 15) is 33.1 Å². The monoisotopic (exact) mass is 961 g/mol. The SMILES string of the molecule is CC/C=C\C/C=C\C/C=C\C/C=C\C/C=C\C/C=C\C/C=C\CCCCCCOCC(COC1OC(CO)C(O)C(OS(=O)(=O)O)C1O)OC(=O)CCCCCCC/C=C\C/C=C\CCCC. The second-order valence-electron chi connectivity index (χ2n) is 16.7. The minimum Gasteiger partial charge on any atom is -0.457 e. The van der Waals surface area contributed by atoms with Crippen molar-refractivity contribution in [3.8, 4) is 0 Å². The zero-order valence-corrected chi connectivity index (χ0v) is 41.7. The molecule has 0 aromatic carbocycles. The Morgan fingerprint density at radius 1 is 0.582 bits per heavy atom. The topological polar surface area (TPSA) is 178 Å². The van der Waals surface area contributed by atoms with Crippen molar-refractivity contribution >= 4 is 16.4 Å². The average molecular weight is 961 g/mol. The highest BCUT2D eigenvalue weighted by Crippen LogP contribution is 2.26. The van der Waals surface area contributed by atoms with Crippen LogP contribution in [0.5, 0.6) is 0 Å². The van der Waals surface area contributed by atoms with Crippen molar-refractivity contribution in [1.82, 2.24) is 0 Å². The van der Waals surface area contributed by atoms with Crippen molar-refractivity contribution in [3.05, 3.63) is 109 Å². The Hall–Kier alpha value is -3.24. The van der Waals surface area contributed by atoms with E-state index >= 15 is 0 Å². The van der Waals surface area contributed by atoms with Gasteiger partial charge >= 0.3 is 16.4 Å². The molecule has 0 bridgehead atoms. The smallest absolute Gasteiger partial charge is 0.397 e. The second-order valence-corrected chi connectivity index (χ2v) is 17.7. The molecule has 12 nitrogen and oxygen atoms in total. The van der Waals surface area contributed by atoms with Crippen molar-refractivity contribution in [1.29, 1.82) is 0 Å². The summed E-state index contributed by atoms with van der Waals surface area (Å²) in [4.78, 5) is 12.9. The van der Waals surface area contributed by atoms with Crippen molar-refractivity contribution in [2.24, 2.45) is 0 Å². The maximum absolute atomic E-state index is 12.9. The van der Waals surface area contributed by atoms with Gasteiger partial charge in [0, 0.05) is 13.0 Å². The van der Waals surface area contributed by atoms with Gasteiger partial charge in [0.25, 0.3) is 0 Å². The number of carbonyl (C=O) groups excluding carboxylic acids is 1. The number of rotatable bonds is 42. The molecule has 1 saturated heterocycles. The highest BCUT2D eigenvalue weighted by molar-refractivity contribution is 7.80. The molecule has 4 N–H and O–H groups in total. The van der Waals surface area contributed by atoms with Gasteiger partial charge in [-0.3, -0.25) is 9.35 Å². The van der Waals surface area contributed by atoms with Crippen molar-refractivity contribution < 1.29 is 56.2 Å². The molecule has 0 aliphatic carbocycles. The van der Waals surface area contributed by atoms with Crippen LogP contribution in [0.4, 0.5) is 0 Å². The van der Waals surface area contributed by atoms with E-state index in [0.29, 0.717) is 13.0 Å². The van der Waals surface area contributed by atoms with Gasteiger partial charge in [0.05, 0.1) is 19.8 Å². The van der Waals surface area contributed by atoms with Crippen LogP contribution in [0.15, 0.2) is 109 Å². The molecule has 6 unspecified atom stereocenters. The lowest BCUT2D eigenvalue weighted by atomic mass is 9.99. The Bertz CT molecular complexity index is 1580. The van der Waals surface area contributed by atoms with E-state index in [1.165, 1.54) is 12.8 Å². The van der Waals surface area contributed by atoms with Gasteiger partial charge < -0.3 is 34.3 Å². The zero-order chi connectivity index (χ0) is 48.9. The van der Waals surface area contributed by atoms with E-state index in [1.807, 2.05) is 0 Å². The molecule has 0 amide bonds. The molecule has 382 valence electrons. The largest absolute Gasteiger partial charge is 0.457 e. The van der Waals surface area contributed by atoms with Gasteiger partial charge in [0.15, 0.2) is 6.29 Å². The number of esters is 1. The predicted molar refractivity (Wildman–Crippen MR) is 271 cm³/mol. The van der Waals surface area contributed by atoms with E-state index in [1.54, 1.807) is 0 Å². The van der Waals surface area contributed by atoms with Gasteiger partial charge in [-0.15, -0.1) is 0 Å². The Morgan fingerprint density at radius 3 is 1.51 bits per heavy atom. The first-order valence-electron chi connectivity index (χ1n) is 25.1. The number of unbranched alkanes of at least 4 members (excludes halogenated alkanes) is 11. The fourth-order valence-electron chi connectivity index (χ4n) is 6.84. The molecule has 1 aliphatic rings. The van der Waals surface area contributed by atoms with Gasteiger partial charge in [-0.2, -0.15) is 8.42 Å². The standard InChI is InChI=1S/C54H88O12S/c1-3-5-7-9-11-13-15-17-19-20-21-22-23-24-25-26-27-28-29-30-32-34-36-38-40-42-44-62-46-48(47-63-54-52(58)53(66-67(59,60)61)51(57)49(45-55)65-54)64-50(56)43-41-39-37-35-33-31-18-16-14-12-10-8-6-4-2/h5,7,10-13,16-19,21-22,24-25,27-28,30,32,48-49,51-55,57-58H,3-4,6,8-9,14-15,20,23,26,29,31,33-47H2,1-2H3,(H,59,60,61)/b7-5-,12-10-,13-11-,18-16-,19-17-,22-21-,25-24-,28-27-,32-30-. The number of hydrogen-bond donors (Lipinski definition) is 4. The summed E-state index contributed by atoms with van der Waals surface area (Å²) >= 11 is 0. The number of carbonyl (C=O) groups is 1. The van der Waals surface area contributed by atoms with E-state index in [4.69, 9.17) is 18.9 Å². The summed E-state index contributed by atoms with van der Waals surface area (Å²) < 4.78 is 59.1. The first-order chi connectivity index (χ1) is 32.6. The summed E-state index contributed by atoms with van der Waals surface area (Å²) in [6, 6.07) is 0. The lowest BCUT2D eigenvalue weighted by Gasteiger charge is -2.41. The quantitative estimate of drug-likeness (QED) is 0.0197. The van der Waals surface area contributed by atoms with Crippen LogP contribution in [0.25, 0.3) is 0 Å². The molecule has 1 aliphatic heterocycles. The van der Waals surface area contributed by atoms with Crippen LogP contribution < -0.4 is 0 Å². The third-order valence-electron chi connectivity index (χ3n) is 10.6. The number of hydrogen-bond acceptors (Lipinski definition) is 11.